The Hall–Kier alpha value is -0.940. The van der Waals surface area contributed by atoms with Crippen LogP contribution < -0.4 is 5.32 Å². The highest BCUT2D eigenvalue weighted by Crippen LogP contribution is 2.19. The van der Waals surface area contributed by atoms with E-state index < -0.39 is 9.84 Å². The molecule has 0 aliphatic rings. The van der Waals surface area contributed by atoms with Crippen LogP contribution in [0, 0.1) is 5.82 Å². The van der Waals surface area contributed by atoms with Crippen molar-refractivity contribution >= 4 is 9.84 Å². The molecule has 0 radical (unpaired) electrons. The summed E-state index contributed by atoms with van der Waals surface area (Å²) in [5, 5.41) is 3.38. The summed E-state index contributed by atoms with van der Waals surface area (Å²) in [5.41, 5.74) is 1.05. The second kappa shape index (κ2) is 8.37. The monoisotopic (exact) mass is 301 g/mol. The summed E-state index contributed by atoms with van der Waals surface area (Å²) in [6.07, 6.45) is 5.01. The predicted octanol–water partition coefficient (Wildman–Crippen LogP) is 3.08. The third kappa shape index (κ3) is 7.01. The fourth-order valence-electron chi connectivity index (χ4n) is 2.10. The van der Waals surface area contributed by atoms with Crippen LogP contribution in [0.2, 0.25) is 0 Å². The van der Waals surface area contributed by atoms with E-state index in [-0.39, 0.29) is 17.6 Å². The summed E-state index contributed by atoms with van der Waals surface area (Å²) in [6.45, 7) is 2.78. The predicted molar refractivity (Wildman–Crippen MR) is 81.0 cm³/mol. The Bertz CT molecular complexity index is 485. The van der Waals surface area contributed by atoms with Crippen molar-refractivity contribution in [3.8, 4) is 0 Å². The van der Waals surface area contributed by atoms with Crippen LogP contribution in [-0.4, -0.2) is 27.0 Å². The van der Waals surface area contributed by atoms with Gasteiger partial charge in [-0.1, -0.05) is 31.9 Å². The lowest BCUT2D eigenvalue weighted by Gasteiger charge is -2.19. The Labute approximate surface area is 121 Å². The number of hydrogen-bond acceptors (Lipinski definition) is 3. The molecule has 0 bridgehead atoms. The quantitative estimate of drug-likeness (QED) is 0.713. The Balaban J connectivity index is 2.53. The van der Waals surface area contributed by atoms with E-state index in [0.29, 0.717) is 13.0 Å². The number of rotatable bonds is 9. The molecule has 0 saturated heterocycles. The first kappa shape index (κ1) is 17.1. The zero-order valence-corrected chi connectivity index (χ0v) is 13.0. The van der Waals surface area contributed by atoms with Crippen molar-refractivity contribution in [2.45, 2.75) is 38.6 Å². The second-order valence-electron chi connectivity index (χ2n) is 5.18. The topological polar surface area (TPSA) is 46.2 Å². The lowest BCUT2D eigenvalue weighted by molar-refractivity contribution is 0.480. The van der Waals surface area contributed by atoms with Crippen molar-refractivity contribution in [2.75, 3.05) is 18.6 Å². The Morgan fingerprint density at radius 1 is 1.20 bits per heavy atom. The van der Waals surface area contributed by atoms with Gasteiger partial charge in [-0.2, -0.15) is 0 Å². The Kier molecular flexibility index (Phi) is 7.16. The van der Waals surface area contributed by atoms with Crippen molar-refractivity contribution in [1.82, 2.24) is 5.32 Å². The van der Waals surface area contributed by atoms with Crippen molar-refractivity contribution < 1.29 is 12.8 Å². The van der Waals surface area contributed by atoms with Gasteiger partial charge in [-0.15, -0.1) is 0 Å². The minimum absolute atomic E-state index is 0.162. The Morgan fingerprint density at radius 3 is 2.40 bits per heavy atom. The summed E-state index contributed by atoms with van der Waals surface area (Å²) in [5.74, 6) is -0.0377. The van der Waals surface area contributed by atoms with E-state index in [1.54, 1.807) is 12.1 Å². The van der Waals surface area contributed by atoms with Crippen molar-refractivity contribution in [1.29, 1.82) is 0 Å². The van der Waals surface area contributed by atoms with Gasteiger partial charge in [-0.25, -0.2) is 12.8 Å². The molecule has 0 aliphatic heterocycles. The first-order chi connectivity index (χ1) is 9.42. The highest BCUT2D eigenvalue weighted by Gasteiger charge is 2.11. The van der Waals surface area contributed by atoms with Gasteiger partial charge in [0.15, 0.2) is 0 Å². The minimum atomic E-state index is -2.90. The molecule has 5 heteroatoms. The lowest BCUT2D eigenvalue weighted by Crippen LogP contribution is -2.24. The van der Waals surface area contributed by atoms with Crippen LogP contribution in [0.15, 0.2) is 24.3 Å². The summed E-state index contributed by atoms with van der Waals surface area (Å²) < 4.78 is 35.1. The SMILES string of the molecule is CCCCC(NCCCS(C)(=O)=O)c1ccc(F)cc1. The number of nitrogens with one attached hydrogen (secondary N) is 1. The van der Waals surface area contributed by atoms with Crippen LogP contribution in [0.4, 0.5) is 4.39 Å². The van der Waals surface area contributed by atoms with Gasteiger partial charge in [0.25, 0.3) is 0 Å². The average molecular weight is 301 g/mol. The molecule has 0 aliphatic carbocycles. The maximum atomic E-state index is 13.0. The van der Waals surface area contributed by atoms with Crippen molar-refractivity contribution in [3.63, 3.8) is 0 Å². The minimum Gasteiger partial charge on any atom is -0.310 e. The molecule has 20 heavy (non-hydrogen) atoms. The third-order valence-electron chi connectivity index (χ3n) is 3.20. The average Bonchev–Trinajstić information content (AvgIpc) is 2.38. The zero-order valence-electron chi connectivity index (χ0n) is 12.2. The Morgan fingerprint density at radius 2 is 1.85 bits per heavy atom. The van der Waals surface area contributed by atoms with Crippen LogP contribution in [0.25, 0.3) is 0 Å². The fourth-order valence-corrected chi connectivity index (χ4v) is 2.77. The molecule has 0 heterocycles. The molecular formula is C15H24FNO2S. The fraction of sp³-hybridized carbons (Fsp3) is 0.600. The van der Waals surface area contributed by atoms with E-state index in [2.05, 4.69) is 12.2 Å². The van der Waals surface area contributed by atoms with E-state index >= 15 is 0 Å². The molecule has 0 saturated carbocycles. The van der Waals surface area contributed by atoms with E-state index in [9.17, 15) is 12.8 Å². The highest BCUT2D eigenvalue weighted by molar-refractivity contribution is 7.90. The second-order valence-corrected chi connectivity index (χ2v) is 7.44. The largest absolute Gasteiger partial charge is 0.310 e. The molecule has 0 amide bonds. The van der Waals surface area contributed by atoms with E-state index in [4.69, 9.17) is 0 Å². The van der Waals surface area contributed by atoms with Crippen LogP contribution in [0.5, 0.6) is 0 Å². The molecule has 1 aromatic carbocycles. The standard InChI is InChI=1S/C15H24FNO2S/c1-3-4-6-15(13-7-9-14(16)10-8-13)17-11-5-12-20(2,18)19/h7-10,15,17H,3-6,11-12H2,1-2H3. The van der Waals surface area contributed by atoms with Crippen molar-refractivity contribution in [3.05, 3.63) is 35.6 Å². The number of benzene rings is 1. The molecule has 3 nitrogen and oxygen atoms in total. The molecule has 1 aromatic rings. The molecule has 0 aromatic heterocycles. The number of hydrogen-bond donors (Lipinski definition) is 1. The first-order valence-electron chi connectivity index (χ1n) is 7.09. The van der Waals surface area contributed by atoms with Crippen molar-refractivity contribution in [2.24, 2.45) is 0 Å². The summed E-state index contributed by atoms with van der Waals surface area (Å²) in [7, 11) is -2.90. The summed E-state index contributed by atoms with van der Waals surface area (Å²) in [4.78, 5) is 0. The molecule has 1 N–H and O–H groups in total. The van der Waals surface area contributed by atoms with Crippen LogP contribution >= 0.6 is 0 Å². The van der Waals surface area contributed by atoms with Gasteiger partial charge in [0.1, 0.15) is 15.7 Å². The zero-order chi connectivity index (χ0) is 15.0. The van der Waals surface area contributed by atoms with Gasteiger partial charge in [0.05, 0.1) is 5.75 Å². The van der Waals surface area contributed by atoms with Gasteiger partial charge in [0.2, 0.25) is 0 Å². The maximum absolute atomic E-state index is 13.0. The molecule has 1 unspecified atom stereocenters. The smallest absolute Gasteiger partial charge is 0.147 e. The third-order valence-corrected chi connectivity index (χ3v) is 4.23. The van der Waals surface area contributed by atoms with Crippen LogP contribution in [-0.2, 0) is 9.84 Å². The van der Waals surface area contributed by atoms with Gasteiger partial charge >= 0.3 is 0 Å². The van der Waals surface area contributed by atoms with E-state index in [0.717, 1.165) is 24.8 Å². The number of halogens is 1. The molecule has 1 rings (SSSR count). The molecule has 0 spiro atoms. The first-order valence-corrected chi connectivity index (χ1v) is 9.15. The van der Waals surface area contributed by atoms with E-state index in [1.807, 2.05) is 0 Å². The van der Waals surface area contributed by atoms with Gasteiger partial charge in [0, 0.05) is 12.3 Å². The van der Waals surface area contributed by atoms with Crippen LogP contribution in [0.3, 0.4) is 0 Å². The lowest BCUT2D eigenvalue weighted by atomic mass is 10.0. The normalized spacial score (nSPS) is 13.3. The van der Waals surface area contributed by atoms with Gasteiger partial charge < -0.3 is 5.32 Å². The van der Waals surface area contributed by atoms with Gasteiger partial charge in [-0.3, -0.25) is 0 Å². The van der Waals surface area contributed by atoms with E-state index in [1.165, 1.54) is 18.4 Å². The molecular weight excluding hydrogens is 277 g/mol. The van der Waals surface area contributed by atoms with Crippen LogP contribution in [0.1, 0.15) is 44.2 Å². The highest BCUT2D eigenvalue weighted by atomic mass is 32.2. The molecule has 114 valence electrons. The number of sulfone groups is 1. The summed E-state index contributed by atoms with van der Waals surface area (Å²) in [6, 6.07) is 6.67. The molecule has 0 fully saturated rings. The number of unbranched alkanes of at least 4 members (excludes halogenated alkanes) is 1. The molecule has 1 atom stereocenters. The van der Waals surface area contributed by atoms with Gasteiger partial charge in [-0.05, 0) is 37.1 Å². The maximum Gasteiger partial charge on any atom is 0.147 e. The summed E-state index contributed by atoms with van der Waals surface area (Å²) >= 11 is 0.